The van der Waals surface area contributed by atoms with Crippen molar-refractivity contribution in [3.05, 3.63) is 41.0 Å². The lowest BCUT2D eigenvalue weighted by Gasteiger charge is -2.05. The summed E-state index contributed by atoms with van der Waals surface area (Å²) in [6.07, 6.45) is 0. The Hall–Kier alpha value is -1.88. The quantitative estimate of drug-likeness (QED) is 0.912. The first-order valence-corrected chi connectivity index (χ1v) is 5.66. The summed E-state index contributed by atoms with van der Waals surface area (Å²) in [5, 5.41) is 10.3. The van der Waals surface area contributed by atoms with Crippen molar-refractivity contribution in [1.29, 1.82) is 0 Å². The number of hydrogen-bond donors (Lipinski definition) is 1. The van der Waals surface area contributed by atoms with Crippen molar-refractivity contribution >= 4 is 17.3 Å². The summed E-state index contributed by atoms with van der Waals surface area (Å²) in [7, 11) is 1.39. The number of thiophene rings is 1. The lowest BCUT2D eigenvalue weighted by atomic mass is 10.1. The molecule has 0 aliphatic heterocycles. The third-order valence-electron chi connectivity index (χ3n) is 2.30. The van der Waals surface area contributed by atoms with Crippen LogP contribution in [0.4, 0.5) is 4.39 Å². The normalized spacial score (nSPS) is 10.2. The van der Waals surface area contributed by atoms with Crippen LogP contribution in [0.3, 0.4) is 0 Å². The number of benzene rings is 1. The highest BCUT2D eigenvalue weighted by Gasteiger charge is 2.14. The second kappa shape index (κ2) is 4.55. The highest BCUT2D eigenvalue weighted by Crippen LogP contribution is 2.33. The standard InChI is InChI=1S/C12H9FO3S/c1-16-9-4-2-3-8(11(9)13)10-5-7(6-17-10)12(14)15/h2-6H,1H3,(H,14,15). The minimum atomic E-state index is -1.02. The molecule has 0 radical (unpaired) electrons. The van der Waals surface area contributed by atoms with E-state index in [1.807, 2.05) is 0 Å². The molecule has 1 aromatic carbocycles. The van der Waals surface area contributed by atoms with Crippen LogP contribution >= 0.6 is 11.3 Å². The van der Waals surface area contributed by atoms with E-state index >= 15 is 0 Å². The van der Waals surface area contributed by atoms with Crippen molar-refractivity contribution in [2.24, 2.45) is 0 Å². The summed E-state index contributed by atoms with van der Waals surface area (Å²) >= 11 is 1.19. The third-order valence-corrected chi connectivity index (χ3v) is 3.26. The lowest BCUT2D eigenvalue weighted by Crippen LogP contribution is -1.92. The molecule has 0 atom stereocenters. The number of ether oxygens (including phenoxy) is 1. The van der Waals surface area contributed by atoms with Crippen molar-refractivity contribution in [1.82, 2.24) is 0 Å². The monoisotopic (exact) mass is 252 g/mol. The van der Waals surface area contributed by atoms with E-state index in [4.69, 9.17) is 9.84 Å². The van der Waals surface area contributed by atoms with Crippen LogP contribution in [0.5, 0.6) is 5.75 Å². The van der Waals surface area contributed by atoms with Crippen LogP contribution in [-0.2, 0) is 0 Å². The Balaban J connectivity index is 2.49. The number of halogens is 1. The molecule has 0 unspecified atom stereocenters. The second-order valence-electron chi connectivity index (χ2n) is 3.33. The number of carboxylic acids is 1. The summed E-state index contributed by atoms with van der Waals surface area (Å²) in [6.45, 7) is 0. The fourth-order valence-corrected chi connectivity index (χ4v) is 2.35. The summed E-state index contributed by atoms with van der Waals surface area (Å²) in [4.78, 5) is 11.3. The van der Waals surface area contributed by atoms with Crippen LogP contribution in [-0.4, -0.2) is 18.2 Å². The van der Waals surface area contributed by atoms with Crippen molar-refractivity contribution in [2.75, 3.05) is 7.11 Å². The third kappa shape index (κ3) is 2.14. The maximum absolute atomic E-state index is 13.9. The van der Waals surface area contributed by atoms with Gasteiger partial charge in [-0.2, -0.15) is 0 Å². The molecule has 0 amide bonds. The van der Waals surface area contributed by atoms with Crippen molar-refractivity contribution in [3.63, 3.8) is 0 Å². The van der Waals surface area contributed by atoms with Crippen molar-refractivity contribution in [3.8, 4) is 16.2 Å². The molecular weight excluding hydrogens is 243 g/mol. The highest BCUT2D eigenvalue weighted by molar-refractivity contribution is 7.13. The summed E-state index contributed by atoms with van der Waals surface area (Å²) in [6, 6.07) is 6.22. The van der Waals surface area contributed by atoms with Gasteiger partial charge in [0.1, 0.15) is 0 Å². The summed E-state index contributed by atoms with van der Waals surface area (Å²) in [5.41, 5.74) is 0.508. The summed E-state index contributed by atoms with van der Waals surface area (Å²) < 4.78 is 18.8. The van der Waals surface area contributed by atoms with Crippen LogP contribution < -0.4 is 4.74 Å². The zero-order valence-electron chi connectivity index (χ0n) is 8.94. The van der Waals surface area contributed by atoms with Crippen LogP contribution in [0, 0.1) is 5.82 Å². The Morgan fingerprint density at radius 1 is 1.47 bits per heavy atom. The molecule has 17 heavy (non-hydrogen) atoms. The Labute approximate surface area is 101 Å². The van der Waals surface area contributed by atoms with Gasteiger partial charge in [0, 0.05) is 15.8 Å². The molecule has 2 aromatic rings. The van der Waals surface area contributed by atoms with Crippen LogP contribution in [0.1, 0.15) is 10.4 Å². The van der Waals surface area contributed by atoms with Gasteiger partial charge in [-0.25, -0.2) is 9.18 Å². The number of carbonyl (C=O) groups is 1. The Morgan fingerprint density at radius 2 is 2.24 bits per heavy atom. The predicted octanol–water partition coefficient (Wildman–Crippen LogP) is 3.26. The molecule has 0 spiro atoms. The van der Waals surface area contributed by atoms with Gasteiger partial charge < -0.3 is 9.84 Å². The largest absolute Gasteiger partial charge is 0.494 e. The van der Waals surface area contributed by atoms with Gasteiger partial charge in [0.15, 0.2) is 11.6 Å². The van der Waals surface area contributed by atoms with Gasteiger partial charge in [0.2, 0.25) is 0 Å². The zero-order chi connectivity index (χ0) is 12.4. The molecule has 5 heteroatoms. The van der Waals surface area contributed by atoms with Gasteiger partial charge in [-0.3, -0.25) is 0 Å². The molecule has 0 saturated heterocycles. The minimum Gasteiger partial charge on any atom is -0.494 e. The van der Waals surface area contributed by atoms with E-state index in [1.165, 1.54) is 36.0 Å². The van der Waals surface area contributed by atoms with Crippen molar-refractivity contribution < 1.29 is 19.0 Å². The number of aromatic carboxylic acids is 1. The molecule has 1 aromatic heterocycles. The molecule has 0 aliphatic carbocycles. The van der Waals surface area contributed by atoms with E-state index in [-0.39, 0.29) is 11.3 Å². The zero-order valence-corrected chi connectivity index (χ0v) is 9.75. The average molecular weight is 252 g/mol. The van der Waals surface area contributed by atoms with Crippen LogP contribution in [0.25, 0.3) is 10.4 Å². The van der Waals surface area contributed by atoms with Gasteiger partial charge >= 0.3 is 5.97 Å². The number of carboxylic acid groups (broad SMARTS) is 1. The lowest BCUT2D eigenvalue weighted by molar-refractivity contribution is 0.0697. The molecule has 88 valence electrons. The van der Waals surface area contributed by atoms with E-state index in [1.54, 1.807) is 12.1 Å². The molecule has 0 fully saturated rings. The topological polar surface area (TPSA) is 46.5 Å². The maximum Gasteiger partial charge on any atom is 0.336 e. The Kier molecular flexibility index (Phi) is 3.10. The summed E-state index contributed by atoms with van der Waals surface area (Å²) in [5.74, 6) is -1.35. The van der Waals surface area contributed by atoms with E-state index in [0.29, 0.717) is 10.4 Å². The van der Waals surface area contributed by atoms with Gasteiger partial charge in [-0.05, 0) is 12.1 Å². The average Bonchev–Trinajstić information content (AvgIpc) is 2.78. The van der Waals surface area contributed by atoms with E-state index in [2.05, 4.69) is 0 Å². The maximum atomic E-state index is 13.9. The predicted molar refractivity (Wildman–Crippen MR) is 63.2 cm³/mol. The molecule has 2 rings (SSSR count). The smallest absolute Gasteiger partial charge is 0.336 e. The molecular formula is C12H9FO3S. The van der Waals surface area contributed by atoms with E-state index in [0.717, 1.165) is 0 Å². The number of rotatable bonds is 3. The molecule has 0 aliphatic rings. The van der Waals surface area contributed by atoms with E-state index < -0.39 is 11.8 Å². The highest BCUT2D eigenvalue weighted by atomic mass is 32.1. The Bertz CT molecular complexity index is 563. The van der Waals surface area contributed by atoms with Gasteiger partial charge in [0.05, 0.1) is 12.7 Å². The van der Waals surface area contributed by atoms with Gasteiger partial charge in [0.25, 0.3) is 0 Å². The fraction of sp³-hybridized carbons (Fsp3) is 0.0833. The van der Waals surface area contributed by atoms with Gasteiger partial charge in [-0.15, -0.1) is 11.3 Å². The first-order valence-electron chi connectivity index (χ1n) is 4.78. The second-order valence-corrected chi connectivity index (χ2v) is 4.24. The molecule has 1 N–H and O–H groups in total. The molecule has 3 nitrogen and oxygen atoms in total. The molecule has 0 bridgehead atoms. The molecule has 0 saturated carbocycles. The fourth-order valence-electron chi connectivity index (χ4n) is 1.45. The SMILES string of the molecule is COc1cccc(-c2cc(C(=O)O)cs2)c1F. The Morgan fingerprint density at radius 3 is 2.82 bits per heavy atom. The van der Waals surface area contributed by atoms with Gasteiger partial charge in [-0.1, -0.05) is 12.1 Å². The molecule has 1 heterocycles. The first kappa shape index (κ1) is 11.6. The van der Waals surface area contributed by atoms with Crippen molar-refractivity contribution in [2.45, 2.75) is 0 Å². The first-order chi connectivity index (χ1) is 8.13. The van der Waals surface area contributed by atoms with E-state index in [9.17, 15) is 9.18 Å². The van der Waals surface area contributed by atoms with Crippen LogP contribution in [0.2, 0.25) is 0 Å². The van der Waals surface area contributed by atoms with Crippen LogP contribution in [0.15, 0.2) is 29.6 Å². The number of methoxy groups -OCH3 is 1. The number of hydrogen-bond acceptors (Lipinski definition) is 3. The minimum absolute atomic E-state index is 0.146.